The average molecular weight is 375 g/mol. The molecule has 0 aliphatic heterocycles. The standard InChI is InChI=1S/C13H6ClF3N4O2S/c14-5-1-2-8-6(3-5)9(22)7(4-18-8)10(23)19-12-21-20-11(24-12)13(15,16)17/h1-4H,(H,18,22)(H,19,21,23). The molecule has 0 atom stereocenters. The molecule has 1 aromatic carbocycles. The van der Waals surface area contributed by atoms with Gasteiger partial charge >= 0.3 is 6.18 Å². The SMILES string of the molecule is O=C(Nc1nnc(C(F)(F)F)s1)c1c[nH]c2ccc(Cl)cc2c1=O. The Morgan fingerprint density at radius 3 is 2.71 bits per heavy atom. The molecule has 0 unspecified atom stereocenters. The Labute approximate surface area is 140 Å². The number of rotatable bonds is 2. The van der Waals surface area contributed by atoms with Crippen molar-refractivity contribution in [1.82, 2.24) is 15.2 Å². The largest absolute Gasteiger partial charge is 0.445 e. The normalized spacial score (nSPS) is 11.7. The molecule has 0 saturated heterocycles. The number of carbonyl (C=O) groups is 1. The van der Waals surface area contributed by atoms with Gasteiger partial charge in [0.05, 0.1) is 0 Å². The van der Waals surface area contributed by atoms with Crippen molar-refractivity contribution in [3.63, 3.8) is 0 Å². The van der Waals surface area contributed by atoms with Crippen molar-refractivity contribution in [3.05, 3.63) is 50.2 Å². The van der Waals surface area contributed by atoms with Crippen LogP contribution in [0.4, 0.5) is 18.3 Å². The average Bonchev–Trinajstić information content (AvgIpc) is 2.97. The highest BCUT2D eigenvalue weighted by Gasteiger charge is 2.35. The van der Waals surface area contributed by atoms with Gasteiger partial charge in [0, 0.05) is 22.1 Å². The summed E-state index contributed by atoms with van der Waals surface area (Å²) in [5, 5.41) is 7.24. The van der Waals surface area contributed by atoms with E-state index >= 15 is 0 Å². The molecule has 6 nitrogen and oxygen atoms in total. The highest BCUT2D eigenvalue weighted by Crippen LogP contribution is 2.33. The fourth-order valence-corrected chi connectivity index (χ4v) is 2.69. The number of aromatic amines is 1. The zero-order valence-electron chi connectivity index (χ0n) is 11.4. The van der Waals surface area contributed by atoms with Crippen molar-refractivity contribution in [1.29, 1.82) is 0 Å². The van der Waals surface area contributed by atoms with Crippen molar-refractivity contribution in [2.24, 2.45) is 0 Å². The number of halogens is 4. The van der Waals surface area contributed by atoms with Gasteiger partial charge < -0.3 is 4.98 Å². The number of carbonyl (C=O) groups excluding carboxylic acids is 1. The topological polar surface area (TPSA) is 87.7 Å². The monoisotopic (exact) mass is 374 g/mol. The van der Waals surface area contributed by atoms with E-state index < -0.39 is 22.5 Å². The summed E-state index contributed by atoms with van der Waals surface area (Å²) in [6, 6.07) is 4.53. The number of benzene rings is 1. The fourth-order valence-electron chi connectivity index (χ4n) is 1.91. The number of nitrogens with zero attached hydrogens (tertiary/aromatic N) is 2. The molecule has 0 saturated carbocycles. The third kappa shape index (κ3) is 3.10. The van der Waals surface area contributed by atoms with Crippen molar-refractivity contribution in [2.45, 2.75) is 6.18 Å². The minimum atomic E-state index is -4.65. The number of hydrogen-bond donors (Lipinski definition) is 2. The molecule has 0 aliphatic carbocycles. The summed E-state index contributed by atoms with van der Waals surface area (Å²) >= 11 is 5.98. The Morgan fingerprint density at radius 2 is 2.04 bits per heavy atom. The van der Waals surface area contributed by atoms with E-state index in [2.05, 4.69) is 20.5 Å². The number of fused-ring (bicyclic) bond motifs is 1. The maximum Gasteiger partial charge on any atom is 0.445 e. The number of aromatic nitrogens is 3. The van der Waals surface area contributed by atoms with Gasteiger partial charge in [-0.3, -0.25) is 14.9 Å². The van der Waals surface area contributed by atoms with Crippen LogP contribution >= 0.6 is 22.9 Å². The van der Waals surface area contributed by atoms with Gasteiger partial charge in [0.25, 0.3) is 5.91 Å². The number of pyridine rings is 1. The maximum absolute atomic E-state index is 12.5. The molecular formula is C13H6ClF3N4O2S. The summed E-state index contributed by atoms with van der Waals surface area (Å²) in [6.07, 6.45) is -3.49. The first-order valence-electron chi connectivity index (χ1n) is 6.29. The molecule has 0 spiro atoms. The first kappa shape index (κ1) is 16.4. The number of amides is 1. The van der Waals surface area contributed by atoms with Crippen LogP contribution in [0.1, 0.15) is 15.4 Å². The van der Waals surface area contributed by atoms with Crippen LogP contribution < -0.4 is 10.7 Å². The van der Waals surface area contributed by atoms with Crippen LogP contribution in [0.2, 0.25) is 5.02 Å². The Morgan fingerprint density at radius 1 is 1.29 bits per heavy atom. The Bertz CT molecular complexity index is 999. The summed E-state index contributed by atoms with van der Waals surface area (Å²) in [7, 11) is 0. The molecule has 11 heteroatoms. The predicted molar refractivity (Wildman–Crippen MR) is 82.4 cm³/mol. The summed E-state index contributed by atoms with van der Waals surface area (Å²) in [5.41, 5.74) is -0.422. The van der Waals surface area contributed by atoms with E-state index in [1.165, 1.54) is 12.3 Å². The highest BCUT2D eigenvalue weighted by molar-refractivity contribution is 7.15. The lowest BCUT2D eigenvalue weighted by atomic mass is 10.1. The Hall–Kier alpha value is -2.46. The number of anilines is 1. The smallest absolute Gasteiger partial charge is 0.360 e. The summed E-state index contributed by atoms with van der Waals surface area (Å²) in [4.78, 5) is 27.2. The molecule has 2 N–H and O–H groups in total. The number of alkyl halides is 3. The summed E-state index contributed by atoms with van der Waals surface area (Å²) in [5.74, 6) is -0.900. The van der Waals surface area contributed by atoms with Gasteiger partial charge in [0.2, 0.25) is 15.6 Å². The van der Waals surface area contributed by atoms with Crippen LogP contribution in [0.3, 0.4) is 0 Å². The van der Waals surface area contributed by atoms with Gasteiger partial charge in [-0.05, 0) is 18.2 Å². The summed E-state index contributed by atoms with van der Waals surface area (Å²) in [6.45, 7) is 0. The molecule has 2 aromatic heterocycles. The van der Waals surface area contributed by atoms with E-state index in [1.807, 2.05) is 0 Å². The van der Waals surface area contributed by atoms with Crippen molar-refractivity contribution in [3.8, 4) is 0 Å². The van der Waals surface area contributed by atoms with E-state index in [0.29, 0.717) is 10.5 Å². The molecule has 3 rings (SSSR count). The van der Waals surface area contributed by atoms with Crippen molar-refractivity contribution < 1.29 is 18.0 Å². The first-order valence-corrected chi connectivity index (χ1v) is 7.48. The van der Waals surface area contributed by atoms with Crippen LogP contribution in [-0.2, 0) is 6.18 Å². The second-order valence-electron chi connectivity index (χ2n) is 4.59. The van der Waals surface area contributed by atoms with Gasteiger partial charge in [0.1, 0.15) is 5.56 Å². The molecule has 0 bridgehead atoms. The minimum absolute atomic E-state index is 0.162. The predicted octanol–water partition coefficient (Wildman–Crippen LogP) is 3.30. The van der Waals surface area contributed by atoms with Gasteiger partial charge in [-0.1, -0.05) is 22.9 Å². The quantitative estimate of drug-likeness (QED) is 0.720. The number of H-pyrrole nitrogens is 1. The van der Waals surface area contributed by atoms with Crippen LogP contribution in [-0.4, -0.2) is 21.1 Å². The lowest BCUT2D eigenvalue weighted by Gasteiger charge is -2.03. The third-order valence-corrected chi connectivity index (χ3v) is 4.09. The number of nitrogens with one attached hydrogen (secondary N) is 2. The van der Waals surface area contributed by atoms with Crippen molar-refractivity contribution >= 4 is 44.9 Å². The van der Waals surface area contributed by atoms with Gasteiger partial charge in [-0.15, -0.1) is 10.2 Å². The Balaban J connectivity index is 1.93. The fraction of sp³-hybridized carbons (Fsp3) is 0.0769. The van der Waals surface area contributed by atoms with Crippen LogP contribution in [0, 0.1) is 0 Å². The molecule has 1 amide bonds. The van der Waals surface area contributed by atoms with E-state index in [-0.39, 0.29) is 27.4 Å². The Kier molecular flexibility index (Phi) is 4.01. The van der Waals surface area contributed by atoms with Gasteiger partial charge in [-0.2, -0.15) is 13.2 Å². The second kappa shape index (κ2) is 5.87. The molecular weight excluding hydrogens is 369 g/mol. The van der Waals surface area contributed by atoms with E-state index in [4.69, 9.17) is 11.6 Å². The lowest BCUT2D eigenvalue weighted by molar-refractivity contribution is -0.138. The molecule has 0 radical (unpaired) electrons. The van der Waals surface area contributed by atoms with Crippen LogP contribution in [0.15, 0.2) is 29.2 Å². The van der Waals surface area contributed by atoms with E-state index in [9.17, 15) is 22.8 Å². The number of hydrogen-bond acceptors (Lipinski definition) is 5. The second-order valence-corrected chi connectivity index (χ2v) is 6.00. The zero-order chi connectivity index (χ0) is 17.5. The highest BCUT2D eigenvalue weighted by atomic mass is 35.5. The van der Waals surface area contributed by atoms with Crippen LogP contribution in [0.25, 0.3) is 10.9 Å². The minimum Gasteiger partial charge on any atom is -0.360 e. The van der Waals surface area contributed by atoms with Gasteiger partial charge in [0.15, 0.2) is 0 Å². The molecule has 124 valence electrons. The van der Waals surface area contributed by atoms with E-state index in [1.54, 1.807) is 12.1 Å². The lowest BCUT2D eigenvalue weighted by Crippen LogP contribution is -2.21. The third-order valence-electron chi connectivity index (χ3n) is 2.98. The van der Waals surface area contributed by atoms with Crippen molar-refractivity contribution in [2.75, 3.05) is 5.32 Å². The van der Waals surface area contributed by atoms with E-state index in [0.717, 1.165) is 0 Å². The zero-order valence-corrected chi connectivity index (χ0v) is 13.0. The molecule has 24 heavy (non-hydrogen) atoms. The maximum atomic E-state index is 12.5. The molecule has 2 heterocycles. The summed E-state index contributed by atoms with van der Waals surface area (Å²) < 4.78 is 37.4. The van der Waals surface area contributed by atoms with Crippen LogP contribution in [0.5, 0.6) is 0 Å². The molecule has 0 aliphatic rings. The first-order chi connectivity index (χ1) is 11.3. The molecule has 0 fully saturated rings. The van der Waals surface area contributed by atoms with Gasteiger partial charge in [-0.25, -0.2) is 0 Å². The molecule has 3 aromatic rings.